The molecule has 0 radical (unpaired) electrons. The summed E-state index contributed by atoms with van der Waals surface area (Å²) >= 11 is 1.44. The van der Waals surface area contributed by atoms with Gasteiger partial charge in [-0.15, -0.1) is 0 Å². The summed E-state index contributed by atoms with van der Waals surface area (Å²) in [7, 11) is 1.64. The molecule has 1 N–H and O–H groups in total. The molecule has 1 unspecified atom stereocenters. The third-order valence-corrected chi connectivity index (χ3v) is 5.02. The fourth-order valence-corrected chi connectivity index (χ4v) is 2.95. The van der Waals surface area contributed by atoms with Crippen LogP contribution in [0.4, 0.5) is 0 Å². The third kappa shape index (κ3) is 4.54. The molecule has 2 rings (SSSR count). The Morgan fingerprint density at radius 3 is 2.88 bits per heavy atom. The van der Waals surface area contributed by atoms with E-state index in [9.17, 15) is 4.79 Å². The predicted molar refractivity (Wildman–Crippen MR) is 97.9 cm³/mol. The first-order valence-corrected chi connectivity index (χ1v) is 8.90. The van der Waals surface area contributed by atoms with E-state index in [1.54, 1.807) is 13.3 Å². The van der Waals surface area contributed by atoms with Crippen molar-refractivity contribution in [2.24, 2.45) is 0 Å². The van der Waals surface area contributed by atoms with Crippen LogP contribution in [-0.4, -0.2) is 33.4 Å². The summed E-state index contributed by atoms with van der Waals surface area (Å²) in [5, 5.41) is 3.62. The van der Waals surface area contributed by atoms with Crippen molar-refractivity contribution in [1.82, 2.24) is 14.9 Å². The van der Waals surface area contributed by atoms with E-state index in [0.717, 1.165) is 23.0 Å². The Morgan fingerprint density at radius 1 is 1.46 bits per heavy atom. The van der Waals surface area contributed by atoms with Crippen LogP contribution < -0.4 is 10.1 Å². The van der Waals surface area contributed by atoms with Gasteiger partial charge in [0, 0.05) is 24.0 Å². The molecule has 1 aromatic carbocycles. The predicted octanol–water partition coefficient (Wildman–Crippen LogP) is 3.67. The van der Waals surface area contributed by atoms with E-state index >= 15 is 0 Å². The standard InChI is InChI=1S/C18H25N3O2S/c1-6-18(3,4)20-16(22)13(2)24-17-19-10-11-21(17)14-8-7-9-15(12-14)23-5/h7-13H,6H2,1-5H3,(H,20,22). The quantitative estimate of drug-likeness (QED) is 0.777. The Morgan fingerprint density at radius 2 is 2.21 bits per heavy atom. The first-order valence-electron chi connectivity index (χ1n) is 8.02. The van der Waals surface area contributed by atoms with Crippen LogP contribution in [0.2, 0.25) is 0 Å². The molecule has 1 atom stereocenters. The molecule has 0 bridgehead atoms. The van der Waals surface area contributed by atoms with Crippen LogP contribution in [0.15, 0.2) is 41.8 Å². The summed E-state index contributed by atoms with van der Waals surface area (Å²) in [5.74, 6) is 0.805. The topological polar surface area (TPSA) is 56.2 Å². The van der Waals surface area contributed by atoms with Crippen LogP contribution in [-0.2, 0) is 4.79 Å². The number of thioether (sulfide) groups is 1. The van der Waals surface area contributed by atoms with Crippen molar-refractivity contribution in [1.29, 1.82) is 0 Å². The molecule has 0 saturated carbocycles. The third-order valence-electron chi connectivity index (χ3n) is 3.94. The van der Waals surface area contributed by atoms with Crippen LogP contribution in [0.5, 0.6) is 5.75 Å². The lowest BCUT2D eigenvalue weighted by molar-refractivity contribution is -0.121. The van der Waals surface area contributed by atoms with E-state index < -0.39 is 0 Å². The fraction of sp³-hybridized carbons (Fsp3) is 0.444. The number of hydrogen-bond donors (Lipinski definition) is 1. The number of rotatable bonds is 7. The summed E-state index contributed by atoms with van der Waals surface area (Å²) in [6.45, 7) is 8.02. The Bertz CT molecular complexity index is 697. The molecule has 130 valence electrons. The summed E-state index contributed by atoms with van der Waals surface area (Å²) in [5.41, 5.74) is 0.754. The van der Waals surface area contributed by atoms with Crippen molar-refractivity contribution in [3.63, 3.8) is 0 Å². The second kappa shape index (κ2) is 7.75. The van der Waals surface area contributed by atoms with Crippen LogP contribution in [0, 0.1) is 0 Å². The average molecular weight is 347 g/mol. The zero-order chi connectivity index (χ0) is 17.7. The molecular weight excluding hydrogens is 322 g/mol. The van der Waals surface area contributed by atoms with E-state index in [2.05, 4.69) is 17.2 Å². The maximum Gasteiger partial charge on any atom is 0.233 e. The number of benzene rings is 1. The first-order chi connectivity index (χ1) is 11.4. The lowest BCUT2D eigenvalue weighted by Crippen LogP contribution is -2.46. The second-order valence-corrected chi connectivity index (χ2v) is 7.58. The number of nitrogens with zero attached hydrogens (tertiary/aromatic N) is 2. The number of hydrogen-bond acceptors (Lipinski definition) is 4. The van der Waals surface area contributed by atoms with Gasteiger partial charge in [-0.3, -0.25) is 9.36 Å². The monoisotopic (exact) mass is 347 g/mol. The highest BCUT2D eigenvalue weighted by molar-refractivity contribution is 8.00. The van der Waals surface area contributed by atoms with Crippen molar-refractivity contribution in [2.75, 3.05) is 7.11 Å². The van der Waals surface area contributed by atoms with Crippen molar-refractivity contribution < 1.29 is 9.53 Å². The smallest absolute Gasteiger partial charge is 0.233 e. The molecule has 0 aliphatic rings. The van der Waals surface area contributed by atoms with Gasteiger partial charge in [-0.05, 0) is 39.3 Å². The van der Waals surface area contributed by atoms with Crippen molar-refractivity contribution in [3.05, 3.63) is 36.7 Å². The number of aromatic nitrogens is 2. The molecule has 0 aliphatic carbocycles. The molecule has 0 saturated heterocycles. The zero-order valence-electron chi connectivity index (χ0n) is 14.9. The Balaban J connectivity index is 2.14. The maximum absolute atomic E-state index is 12.4. The number of amides is 1. The van der Waals surface area contributed by atoms with Crippen molar-refractivity contribution in [2.45, 2.75) is 50.1 Å². The molecule has 24 heavy (non-hydrogen) atoms. The van der Waals surface area contributed by atoms with E-state index in [4.69, 9.17) is 4.74 Å². The van der Waals surface area contributed by atoms with Gasteiger partial charge in [0.2, 0.25) is 5.91 Å². The van der Waals surface area contributed by atoms with E-state index in [1.807, 2.05) is 55.8 Å². The maximum atomic E-state index is 12.4. The van der Waals surface area contributed by atoms with Gasteiger partial charge >= 0.3 is 0 Å². The van der Waals surface area contributed by atoms with Crippen LogP contribution in [0.3, 0.4) is 0 Å². The summed E-state index contributed by atoms with van der Waals surface area (Å²) in [6, 6.07) is 7.76. The molecule has 2 aromatic rings. The van der Waals surface area contributed by atoms with Gasteiger partial charge < -0.3 is 10.1 Å². The van der Waals surface area contributed by atoms with Crippen LogP contribution in [0.25, 0.3) is 5.69 Å². The SMILES string of the molecule is CCC(C)(C)NC(=O)C(C)Sc1nccn1-c1cccc(OC)c1. The van der Waals surface area contributed by atoms with Crippen molar-refractivity contribution in [3.8, 4) is 11.4 Å². The largest absolute Gasteiger partial charge is 0.497 e. The van der Waals surface area contributed by atoms with E-state index in [0.29, 0.717) is 0 Å². The highest BCUT2D eigenvalue weighted by Crippen LogP contribution is 2.26. The Labute approximate surface area is 147 Å². The lowest BCUT2D eigenvalue weighted by Gasteiger charge is -2.26. The Hall–Kier alpha value is -1.95. The molecule has 0 aliphatic heterocycles. The Kier molecular flexibility index (Phi) is 5.94. The van der Waals surface area contributed by atoms with Gasteiger partial charge in [-0.1, -0.05) is 24.8 Å². The van der Waals surface area contributed by atoms with Crippen LogP contribution >= 0.6 is 11.8 Å². The summed E-state index contributed by atoms with van der Waals surface area (Å²) in [4.78, 5) is 16.8. The van der Waals surface area contributed by atoms with Crippen LogP contribution in [0.1, 0.15) is 34.1 Å². The van der Waals surface area contributed by atoms with Gasteiger partial charge in [0.25, 0.3) is 0 Å². The van der Waals surface area contributed by atoms with Gasteiger partial charge in [-0.2, -0.15) is 0 Å². The van der Waals surface area contributed by atoms with E-state index in [1.165, 1.54) is 11.8 Å². The molecule has 0 fully saturated rings. The number of ether oxygens (including phenoxy) is 1. The minimum atomic E-state index is -0.234. The van der Waals surface area contributed by atoms with Gasteiger partial charge in [-0.25, -0.2) is 4.98 Å². The minimum absolute atomic E-state index is 0.0204. The molecule has 1 aromatic heterocycles. The highest BCUT2D eigenvalue weighted by atomic mass is 32.2. The fourth-order valence-electron chi connectivity index (χ4n) is 2.07. The summed E-state index contributed by atoms with van der Waals surface area (Å²) < 4.78 is 7.23. The van der Waals surface area contributed by atoms with E-state index in [-0.39, 0.29) is 16.7 Å². The normalized spacial score (nSPS) is 12.7. The van der Waals surface area contributed by atoms with Gasteiger partial charge in [0.15, 0.2) is 5.16 Å². The molecule has 1 amide bonds. The van der Waals surface area contributed by atoms with Crippen molar-refractivity contribution >= 4 is 17.7 Å². The number of carbonyl (C=O) groups excluding carboxylic acids is 1. The van der Waals surface area contributed by atoms with Gasteiger partial charge in [0.05, 0.1) is 18.0 Å². The first kappa shape index (κ1) is 18.4. The number of imidazole rings is 1. The number of carbonyl (C=O) groups is 1. The summed E-state index contributed by atoms with van der Waals surface area (Å²) in [6.07, 6.45) is 4.51. The molecule has 0 spiro atoms. The highest BCUT2D eigenvalue weighted by Gasteiger charge is 2.23. The zero-order valence-corrected chi connectivity index (χ0v) is 15.7. The molecule has 6 heteroatoms. The molecular formula is C18H25N3O2S. The second-order valence-electron chi connectivity index (χ2n) is 6.27. The number of methoxy groups -OCH3 is 1. The van der Waals surface area contributed by atoms with Gasteiger partial charge in [0.1, 0.15) is 5.75 Å². The number of nitrogens with one attached hydrogen (secondary N) is 1. The average Bonchev–Trinajstić information content (AvgIpc) is 3.02. The lowest BCUT2D eigenvalue weighted by atomic mass is 10.0. The molecule has 5 nitrogen and oxygen atoms in total. The molecule has 1 heterocycles. The minimum Gasteiger partial charge on any atom is -0.497 e.